The third-order valence-corrected chi connectivity index (χ3v) is 3.98. The van der Waals surface area contributed by atoms with Gasteiger partial charge in [0.1, 0.15) is 11.6 Å². The molecule has 4 nitrogen and oxygen atoms in total. The Balaban J connectivity index is 1.54. The maximum absolute atomic E-state index is 13.6. The van der Waals surface area contributed by atoms with E-state index in [2.05, 4.69) is 10.3 Å². The fraction of sp³-hybridized carbons (Fsp3) is 0.200. The lowest BCUT2D eigenvalue weighted by Crippen LogP contribution is -2.27. The number of imidazole rings is 1. The van der Waals surface area contributed by atoms with Crippen molar-refractivity contribution < 1.29 is 9.18 Å². The minimum Gasteiger partial charge on any atom is -0.355 e. The Kier molecular flexibility index (Phi) is 5.23. The number of carbonyl (C=O) groups is 1. The van der Waals surface area contributed by atoms with Gasteiger partial charge in [0.25, 0.3) is 0 Å². The minimum absolute atomic E-state index is 0.0458. The van der Waals surface area contributed by atoms with E-state index in [0.29, 0.717) is 18.5 Å². The molecule has 0 bridgehead atoms. The number of nitrogens with zero attached hydrogens (tertiary/aromatic N) is 2. The van der Waals surface area contributed by atoms with Gasteiger partial charge in [-0.05, 0) is 30.7 Å². The van der Waals surface area contributed by atoms with Gasteiger partial charge in [0.15, 0.2) is 0 Å². The van der Waals surface area contributed by atoms with E-state index >= 15 is 0 Å². The van der Waals surface area contributed by atoms with Crippen LogP contribution in [0, 0.1) is 12.7 Å². The van der Waals surface area contributed by atoms with Crippen molar-refractivity contribution in [2.45, 2.75) is 19.8 Å². The first kappa shape index (κ1) is 16.9. The summed E-state index contributed by atoms with van der Waals surface area (Å²) in [6.45, 7) is 2.42. The van der Waals surface area contributed by atoms with Gasteiger partial charge in [0.05, 0.1) is 12.1 Å². The maximum Gasteiger partial charge on any atom is 0.224 e. The van der Waals surface area contributed by atoms with Crippen LogP contribution < -0.4 is 5.32 Å². The van der Waals surface area contributed by atoms with Crippen molar-refractivity contribution in [1.82, 2.24) is 14.9 Å². The number of halogens is 1. The predicted octanol–water partition coefficient (Wildman–Crippen LogP) is 3.22. The van der Waals surface area contributed by atoms with E-state index in [1.807, 2.05) is 48.0 Å². The van der Waals surface area contributed by atoms with Crippen molar-refractivity contribution >= 4 is 5.91 Å². The molecule has 0 atom stereocenters. The number of hydrogen-bond donors (Lipinski definition) is 1. The highest BCUT2D eigenvalue weighted by Gasteiger charge is 2.09. The Hall–Kier alpha value is -2.95. The van der Waals surface area contributed by atoms with Gasteiger partial charge in [-0.1, -0.05) is 36.4 Å². The van der Waals surface area contributed by atoms with E-state index in [4.69, 9.17) is 0 Å². The molecule has 0 saturated carbocycles. The molecule has 25 heavy (non-hydrogen) atoms. The molecule has 5 heteroatoms. The van der Waals surface area contributed by atoms with E-state index in [-0.39, 0.29) is 18.1 Å². The van der Waals surface area contributed by atoms with Gasteiger partial charge in [-0.2, -0.15) is 0 Å². The Morgan fingerprint density at radius 2 is 1.84 bits per heavy atom. The van der Waals surface area contributed by atoms with Gasteiger partial charge < -0.3 is 9.88 Å². The van der Waals surface area contributed by atoms with Gasteiger partial charge in [0.2, 0.25) is 5.91 Å². The first-order valence-electron chi connectivity index (χ1n) is 8.24. The second-order valence-electron chi connectivity index (χ2n) is 5.85. The SMILES string of the molecule is Cc1nc(CCNC(=O)Cc2ccccc2F)cn1-c1ccccc1. The van der Waals surface area contributed by atoms with E-state index in [0.717, 1.165) is 17.2 Å². The molecule has 0 aliphatic rings. The Labute approximate surface area is 146 Å². The molecule has 0 unspecified atom stereocenters. The minimum atomic E-state index is -0.352. The summed E-state index contributed by atoms with van der Waals surface area (Å²) in [6.07, 6.45) is 2.65. The summed E-state index contributed by atoms with van der Waals surface area (Å²) in [5.41, 5.74) is 2.37. The first-order valence-corrected chi connectivity index (χ1v) is 8.24. The molecule has 1 aromatic heterocycles. The van der Waals surface area contributed by atoms with Crippen LogP contribution in [0.3, 0.4) is 0 Å². The predicted molar refractivity (Wildman–Crippen MR) is 95.1 cm³/mol. The highest BCUT2D eigenvalue weighted by molar-refractivity contribution is 5.78. The molecule has 0 aliphatic carbocycles. The van der Waals surface area contributed by atoms with Gasteiger partial charge in [0, 0.05) is 24.8 Å². The highest BCUT2D eigenvalue weighted by atomic mass is 19.1. The molecule has 0 fully saturated rings. The molecular formula is C20H20FN3O. The zero-order valence-corrected chi connectivity index (χ0v) is 14.1. The Morgan fingerprint density at radius 3 is 2.60 bits per heavy atom. The fourth-order valence-electron chi connectivity index (χ4n) is 2.71. The zero-order chi connectivity index (χ0) is 17.6. The van der Waals surface area contributed by atoms with Crippen molar-refractivity contribution in [3.05, 3.63) is 83.7 Å². The molecular weight excluding hydrogens is 317 g/mol. The number of carbonyl (C=O) groups excluding carboxylic acids is 1. The normalized spacial score (nSPS) is 10.6. The third kappa shape index (κ3) is 4.32. The highest BCUT2D eigenvalue weighted by Crippen LogP contribution is 2.12. The van der Waals surface area contributed by atoms with E-state index in [1.165, 1.54) is 6.07 Å². The summed E-state index contributed by atoms with van der Waals surface area (Å²) in [7, 11) is 0. The third-order valence-electron chi connectivity index (χ3n) is 3.98. The second-order valence-corrected chi connectivity index (χ2v) is 5.85. The van der Waals surface area contributed by atoms with Gasteiger partial charge >= 0.3 is 0 Å². The van der Waals surface area contributed by atoms with Gasteiger partial charge in [-0.25, -0.2) is 9.37 Å². The zero-order valence-electron chi connectivity index (χ0n) is 14.1. The monoisotopic (exact) mass is 337 g/mol. The van der Waals surface area contributed by atoms with Crippen LogP contribution in [-0.4, -0.2) is 22.0 Å². The smallest absolute Gasteiger partial charge is 0.224 e. The van der Waals surface area contributed by atoms with Crippen molar-refractivity contribution in [2.24, 2.45) is 0 Å². The Bertz CT molecular complexity index is 858. The van der Waals surface area contributed by atoms with E-state index in [9.17, 15) is 9.18 Å². The fourth-order valence-corrected chi connectivity index (χ4v) is 2.71. The molecule has 0 spiro atoms. The quantitative estimate of drug-likeness (QED) is 0.751. The summed E-state index contributed by atoms with van der Waals surface area (Å²) in [4.78, 5) is 16.5. The summed E-state index contributed by atoms with van der Waals surface area (Å²) in [5.74, 6) is 0.359. The van der Waals surface area contributed by atoms with Crippen LogP contribution in [0.15, 0.2) is 60.8 Å². The lowest BCUT2D eigenvalue weighted by Gasteiger charge is -2.05. The van der Waals surface area contributed by atoms with Crippen LogP contribution in [-0.2, 0) is 17.6 Å². The summed E-state index contributed by atoms with van der Waals surface area (Å²) >= 11 is 0. The number of nitrogens with one attached hydrogen (secondary N) is 1. The summed E-state index contributed by atoms with van der Waals surface area (Å²) in [5, 5.41) is 2.82. The molecule has 0 aliphatic heterocycles. The largest absolute Gasteiger partial charge is 0.355 e. The van der Waals surface area contributed by atoms with E-state index in [1.54, 1.807) is 18.2 Å². The van der Waals surface area contributed by atoms with Crippen molar-refractivity contribution in [3.8, 4) is 5.69 Å². The number of rotatable bonds is 6. The number of aryl methyl sites for hydroxylation is 1. The topological polar surface area (TPSA) is 46.9 Å². The van der Waals surface area contributed by atoms with Crippen LogP contribution in [0.25, 0.3) is 5.69 Å². The molecule has 1 heterocycles. The maximum atomic E-state index is 13.6. The standard InChI is InChI=1S/C20H20FN3O/c1-15-23-17(14-24(15)18-8-3-2-4-9-18)11-12-22-20(25)13-16-7-5-6-10-19(16)21/h2-10,14H,11-13H2,1H3,(H,22,25). The van der Waals surface area contributed by atoms with Crippen molar-refractivity contribution in [2.75, 3.05) is 6.54 Å². The molecule has 1 N–H and O–H groups in total. The lowest BCUT2D eigenvalue weighted by atomic mass is 10.1. The van der Waals surface area contributed by atoms with Crippen LogP contribution in [0.5, 0.6) is 0 Å². The average molecular weight is 337 g/mol. The molecule has 128 valence electrons. The van der Waals surface area contributed by atoms with Crippen molar-refractivity contribution in [1.29, 1.82) is 0 Å². The molecule has 1 amide bonds. The number of amides is 1. The number of para-hydroxylation sites is 1. The molecule has 2 aromatic carbocycles. The van der Waals surface area contributed by atoms with Crippen LogP contribution >= 0.6 is 0 Å². The molecule has 0 radical (unpaired) electrons. The number of hydrogen-bond acceptors (Lipinski definition) is 2. The second kappa shape index (κ2) is 7.75. The van der Waals surface area contributed by atoms with Crippen LogP contribution in [0.2, 0.25) is 0 Å². The van der Waals surface area contributed by atoms with Gasteiger partial charge in [-0.3, -0.25) is 4.79 Å². The lowest BCUT2D eigenvalue weighted by molar-refractivity contribution is -0.120. The van der Waals surface area contributed by atoms with Crippen molar-refractivity contribution in [3.63, 3.8) is 0 Å². The van der Waals surface area contributed by atoms with E-state index < -0.39 is 0 Å². The van der Waals surface area contributed by atoms with Gasteiger partial charge in [-0.15, -0.1) is 0 Å². The van der Waals surface area contributed by atoms with Crippen LogP contribution in [0.1, 0.15) is 17.1 Å². The van der Waals surface area contributed by atoms with Crippen LogP contribution in [0.4, 0.5) is 4.39 Å². The number of benzene rings is 2. The average Bonchev–Trinajstić information content (AvgIpc) is 2.98. The molecule has 3 rings (SSSR count). The summed E-state index contributed by atoms with van der Waals surface area (Å²) < 4.78 is 15.6. The molecule has 0 saturated heterocycles. The first-order chi connectivity index (χ1) is 12.1. The molecule has 3 aromatic rings. The number of aromatic nitrogens is 2. The summed E-state index contributed by atoms with van der Waals surface area (Å²) in [6, 6.07) is 16.3. The Morgan fingerprint density at radius 1 is 1.12 bits per heavy atom.